The smallest absolute Gasteiger partial charge is 0.350 e. The SMILES string of the molecule is Nc1ccsc1C(=O)OCc1ccc2c(c1)CCC2. The van der Waals surface area contributed by atoms with Crippen LogP contribution >= 0.6 is 11.3 Å². The van der Waals surface area contributed by atoms with Crippen LogP contribution in [0.3, 0.4) is 0 Å². The molecule has 0 spiro atoms. The Kier molecular flexibility index (Phi) is 3.25. The number of hydrogen-bond acceptors (Lipinski definition) is 4. The lowest BCUT2D eigenvalue weighted by atomic mass is 10.1. The van der Waals surface area contributed by atoms with Crippen molar-refractivity contribution in [3.05, 3.63) is 51.2 Å². The standard InChI is InChI=1S/C15H15NO2S/c16-13-6-7-19-14(13)15(17)18-9-10-4-5-11-2-1-3-12(11)8-10/h4-8H,1-3,9,16H2. The lowest BCUT2D eigenvalue weighted by Gasteiger charge is -2.06. The van der Waals surface area contributed by atoms with E-state index in [4.69, 9.17) is 10.5 Å². The Hall–Kier alpha value is -1.81. The van der Waals surface area contributed by atoms with Crippen molar-refractivity contribution in [3.8, 4) is 0 Å². The van der Waals surface area contributed by atoms with Crippen LogP contribution in [0.1, 0.15) is 32.8 Å². The molecule has 1 aromatic carbocycles. The van der Waals surface area contributed by atoms with Crippen LogP contribution in [0.25, 0.3) is 0 Å². The van der Waals surface area contributed by atoms with Crippen LogP contribution in [0.5, 0.6) is 0 Å². The molecule has 98 valence electrons. The third kappa shape index (κ3) is 2.49. The first-order valence-corrected chi connectivity index (χ1v) is 7.23. The normalized spacial score (nSPS) is 13.3. The van der Waals surface area contributed by atoms with E-state index in [-0.39, 0.29) is 5.97 Å². The predicted molar refractivity (Wildman–Crippen MR) is 76.3 cm³/mol. The number of carbonyl (C=O) groups is 1. The summed E-state index contributed by atoms with van der Waals surface area (Å²) in [7, 11) is 0. The first-order valence-electron chi connectivity index (χ1n) is 6.35. The van der Waals surface area contributed by atoms with Gasteiger partial charge in [0.15, 0.2) is 0 Å². The van der Waals surface area contributed by atoms with Crippen LogP contribution in [-0.2, 0) is 24.2 Å². The summed E-state index contributed by atoms with van der Waals surface area (Å²) in [5, 5.41) is 1.79. The van der Waals surface area contributed by atoms with Crippen molar-refractivity contribution in [2.75, 3.05) is 5.73 Å². The van der Waals surface area contributed by atoms with Crippen molar-refractivity contribution >= 4 is 23.0 Å². The Morgan fingerprint density at radius 1 is 1.26 bits per heavy atom. The van der Waals surface area contributed by atoms with Crippen molar-refractivity contribution in [2.45, 2.75) is 25.9 Å². The molecule has 0 saturated heterocycles. The average molecular weight is 273 g/mol. The van der Waals surface area contributed by atoms with E-state index in [0.717, 1.165) is 12.0 Å². The molecule has 0 saturated carbocycles. The van der Waals surface area contributed by atoms with Crippen molar-refractivity contribution in [1.82, 2.24) is 0 Å². The van der Waals surface area contributed by atoms with E-state index in [9.17, 15) is 4.79 Å². The van der Waals surface area contributed by atoms with E-state index < -0.39 is 0 Å². The zero-order chi connectivity index (χ0) is 13.2. The summed E-state index contributed by atoms with van der Waals surface area (Å²) in [6, 6.07) is 8.05. The molecular formula is C15H15NO2S. The van der Waals surface area contributed by atoms with Gasteiger partial charge in [-0.3, -0.25) is 0 Å². The van der Waals surface area contributed by atoms with E-state index in [1.807, 2.05) is 6.07 Å². The predicted octanol–water partition coefficient (Wildman–Crippen LogP) is 3.18. The second kappa shape index (κ2) is 5.05. The topological polar surface area (TPSA) is 52.3 Å². The van der Waals surface area contributed by atoms with Gasteiger partial charge in [0, 0.05) is 0 Å². The first-order chi connectivity index (χ1) is 9.24. The Morgan fingerprint density at radius 2 is 2.11 bits per heavy atom. The van der Waals surface area contributed by atoms with Crippen LogP contribution in [0, 0.1) is 0 Å². The molecule has 0 atom stereocenters. The fourth-order valence-electron chi connectivity index (χ4n) is 2.41. The van der Waals surface area contributed by atoms with Gasteiger partial charge in [-0.25, -0.2) is 4.79 Å². The summed E-state index contributed by atoms with van der Waals surface area (Å²) in [5.41, 5.74) is 10.1. The summed E-state index contributed by atoms with van der Waals surface area (Å²) < 4.78 is 5.30. The van der Waals surface area contributed by atoms with Gasteiger partial charge in [-0.05, 0) is 47.4 Å². The van der Waals surface area contributed by atoms with Gasteiger partial charge in [-0.2, -0.15) is 0 Å². The molecule has 1 aliphatic rings. The van der Waals surface area contributed by atoms with Crippen molar-refractivity contribution in [3.63, 3.8) is 0 Å². The summed E-state index contributed by atoms with van der Waals surface area (Å²) in [6.45, 7) is 0.309. The second-order valence-corrected chi connectivity index (χ2v) is 5.65. The number of anilines is 1. The van der Waals surface area contributed by atoms with Gasteiger partial charge in [0.05, 0.1) is 5.69 Å². The van der Waals surface area contributed by atoms with Gasteiger partial charge in [-0.1, -0.05) is 18.2 Å². The molecular weight excluding hydrogens is 258 g/mol. The zero-order valence-electron chi connectivity index (χ0n) is 10.5. The van der Waals surface area contributed by atoms with Crippen LogP contribution in [0.4, 0.5) is 5.69 Å². The molecule has 0 amide bonds. The molecule has 0 radical (unpaired) electrons. The molecule has 0 unspecified atom stereocenters. The lowest BCUT2D eigenvalue weighted by Crippen LogP contribution is -2.05. The highest BCUT2D eigenvalue weighted by molar-refractivity contribution is 7.12. The minimum Gasteiger partial charge on any atom is -0.457 e. The number of fused-ring (bicyclic) bond motifs is 1. The Bertz CT molecular complexity index is 618. The Morgan fingerprint density at radius 3 is 2.89 bits per heavy atom. The zero-order valence-corrected chi connectivity index (χ0v) is 11.3. The maximum atomic E-state index is 11.8. The number of thiophene rings is 1. The Labute approximate surface area is 116 Å². The molecule has 2 aromatic rings. The number of ether oxygens (including phenoxy) is 1. The van der Waals surface area contributed by atoms with Gasteiger partial charge in [-0.15, -0.1) is 11.3 Å². The van der Waals surface area contributed by atoms with E-state index in [0.29, 0.717) is 17.2 Å². The van der Waals surface area contributed by atoms with Gasteiger partial charge in [0.1, 0.15) is 11.5 Å². The minimum absolute atomic E-state index is 0.309. The van der Waals surface area contributed by atoms with Gasteiger partial charge >= 0.3 is 5.97 Å². The summed E-state index contributed by atoms with van der Waals surface area (Å²) in [6.07, 6.45) is 3.53. The highest BCUT2D eigenvalue weighted by Gasteiger charge is 2.14. The third-order valence-electron chi connectivity index (χ3n) is 3.41. The molecule has 0 bridgehead atoms. The number of nitrogens with two attached hydrogens (primary N) is 1. The van der Waals surface area contributed by atoms with Crippen molar-refractivity contribution in [1.29, 1.82) is 0 Å². The fourth-order valence-corrected chi connectivity index (χ4v) is 3.12. The number of esters is 1. The summed E-state index contributed by atoms with van der Waals surface area (Å²) >= 11 is 1.31. The molecule has 4 heteroatoms. The van der Waals surface area contributed by atoms with Crippen LogP contribution in [0.15, 0.2) is 29.6 Å². The van der Waals surface area contributed by atoms with Gasteiger partial charge in [0.25, 0.3) is 0 Å². The highest BCUT2D eigenvalue weighted by Crippen LogP contribution is 2.24. The number of aryl methyl sites for hydroxylation is 2. The average Bonchev–Trinajstić information content (AvgIpc) is 3.03. The fraction of sp³-hybridized carbons (Fsp3) is 0.267. The molecule has 19 heavy (non-hydrogen) atoms. The summed E-state index contributed by atoms with van der Waals surface area (Å²) in [4.78, 5) is 12.3. The van der Waals surface area contributed by atoms with E-state index in [2.05, 4.69) is 12.1 Å². The molecule has 0 fully saturated rings. The van der Waals surface area contributed by atoms with Crippen molar-refractivity contribution in [2.24, 2.45) is 0 Å². The Balaban J connectivity index is 1.66. The molecule has 0 aliphatic heterocycles. The monoisotopic (exact) mass is 273 g/mol. The quantitative estimate of drug-likeness (QED) is 0.874. The largest absolute Gasteiger partial charge is 0.457 e. The molecule has 3 nitrogen and oxygen atoms in total. The number of benzene rings is 1. The number of carbonyl (C=O) groups excluding carboxylic acids is 1. The molecule has 1 aromatic heterocycles. The summed E-state index contributed by atoms with van der Waals surface area (Å²) in [5.74, 6) is -0.340. The first kappa shape index (κ1) is 12.2. The number of rotatable bonds is 3. The minimum atomic E-state index is -0.340. The van der Waals surface area contributed by atoms with Crippen LogP contribution in [0.2, 0.25) is 0 Å². The molecule has 1 heterocycles. The van der Waals surface area contributed by atoms with E-state index in [1.165, 1.54) is 35.3 Å². The van der Waals surface area contributed by atoms with E-state index >= 15 is 0 Å². The molecule has 2 N–H and O–H groups in total. The maximum Gasteiger partial charge on any atom is 0.350 e. The second-order valence-electron chi connectivity index (χ2n) is 4.74. The number of nitrogen functional groups attached to an aromatic ring is 1. The van der Waals surface area contributed by atoms with E-state index in [1.54, 1.807) is 11.4 Å². The third-order valence-corrected chi connectivity index (χ3v) is 4.32. The van der Waals surface area contributed by atoms with Crippen LogP contribution in [-0.4, -0.2) is 5.97 Å². The highest BCUT2D eigenvalue weighted by atomic mass is 32.1. The maximum absolute atomic E-state index is 11.8. The van der Waals surface area contributed by atoms with Gasteiger partial charge in [0.2, 0.25) is 0 Å². The lowest BCUT2D eigenvalue weighted by molar-refractivity contribution is 0.0479. The molecule has 1 aliphatic carbocycles. The molecule has 3 rings (SSSR count). The van der Waals surface area contributed by atoms with Gasteiger partial charge < -0.3 is 10.5 Å². The number of hydrogen-bond donors (Lipinski definition) is 1. The van der Waals surface area contributed by atoms with Crippen LogP contribution < -0.4 is 5.73 Å². The van der Waals surface area contributed by atoms with Crippen molar-refractivity contribution < 1.29 is 9.53 Å².